The van der Waals surface area contributed by atoms with Crippen molar-refractivity contribution in [2.45, 2.75) is 45.1 Å². The third-order valence-electron chi connectivity index (χ3n) is 5.86. The number of aromatic carboxylic acids is 1. The lowest BCUT2D eigenvalue weighted by Gasteiger charge is -2.16. The Labute approximate surface area is 176 Å². The summed E-state index contributed by atoms with van der Waals surface area (Å²) in [4.78, 5) is 23.3. The van der Waals surface area contributed by atoms with E-state index in [1.807, 2.05) is 12.1 Å². The molecule has 0 saturated heterocycles. The van der Waals surface area contributed by atoms with E-state index in [0.29, 0.717) is 31.2 Å². The van der Waals surface area contributed by atoms with Gasteiger partial charge in [-0.3, -0.25) is 4.79 Å². The van der Waals surface area contributed by atoms with E-state index in [2.05, 4.69) is 0 Å². The van der Waals surface area contributed by atoms with Gasteiger partial charge in [0.15, 0.2) is 0 Å². The topological polar surface area (TPSA) is 74.6 Å². The fourth-order valence-corrected chi connectivity index (χ4v) is 4.02. The zero-order valence-electron chi connectivity index (χ0n) is 17.1. The summed E-state index contributed by atoms with van der Waals surface area (Å²) in [7, 11) is 0. The highest BCUT2D eigenvalue weighted by atomic mass is 19.1. The largest absolute Gasteiger partial charge is 0.478 e. The van der Waals surface area contributed by atoms with Gasteiger partial charge in [-0.2, -0.15) is 0 Å². The highest BCUT2D eigenvalue weighted by Gasteiger charge is 2.32. The zero-order chi connectivity index (χ0) is 21.7. The lowest BCUT2D eigenvalue weighted by Crippen LogP contribution is -2.15. The normalized spacial score (nSPS) is 20.0. The van der Waals surface area contributed by atoms with Gasteiger partial charge in [0.2, 0.25) is 0 Å². The van der Waals surface area contributed by atoms with Gasteiger partial charge in [-0.15, -0.1) is 0 Å². The lowest BCUT2D eigenvalue weighted by molar-refractivity contribution is -0.121. The fraction of sp³-hybridized carbons (Fsp3) is 0.360. The first-order chi connectivity index (χ1) is 14.3. The molecule has 0 amide bonds. The first-order valence-electron chi connectivity index (χ1n) is 10.3. The van der Waals surface area contributed by atoms with E-state index in [-0.39, 0.29) is 29.0 Å². The van der Waals surface area contributed by atoms with Crippen LogP contribution >= 0.6 is 0 Å². The average Bonchev–Trinajstić information content (AvgIpc) is 3.07. The van der Waals surface area contributed by atoms with Gasteiger partial charge in [0, 0.05) is 18.8 Å². The molecular formula is C25H27FO4. The van der Waals surface area contributed by atoms with Crippen molar-refractivity contribution in [3.05, 3.63) is 82.7 Å². The number of aryl methyl sites for hydroxylation is 2. The molecule has 1 aliphatic rings. The Morgan fingerprint density at radius 2 is 1.90 bits per heavy atom. The number of halogens is 1. The fourth-order valence-electron chi connectivity index (χ4n) is 4.02. The monoisotopic (exact) mass is 410 g/mol. The van der Waals surface area contributed by atoms with E-state index in [4.69, 9.17) is 5.11 Å². The number of benzene rings is 2. The van der Waals surface area contributed by atoms with Crippen LogP contribution in [-0.2, 0) is 17.6 Å². The Balaban J connectivity index is 1.57. The number of carboxylic acids is 1. The molecule has 0 radical (unpaired) electrons. The molecule has 0 heterocycles. The van der Waals surface area contributed by atoms with Crippen molar-refractivity contribution in [2.24, 2.45) is 11.8 Å². The number of allylic oxidation sites excluding steroid dienone is 1. The minimum absolute atomic E-state index is 0.0835. The molecule has 1 aliphatic carbocycles. The van der Waals surface area contributed by atoms with E-state index in [1.54, 1.807) is 43.3 Å². The van der Waals surface area contributed by atoms with Crippen molar-refractivity contribution in [3.63, 3.8) is 0 Å². The Kier molecular flexibility index (Phi) is 7.16. The molecule has 3 rings (SSSR count). The predicted molar refractivity (Wildman–Crippen MR) is 113 cm³/mol. The molecule has 1 saturated carbocycles. The first-order valence-corrected chi connectivity index (χ1v) is 10.3. The Hall–Kier alpha value is -2.79. The molecule has 4 nitrogen and oxygen atoms in total. The summed E-state index contributed by atoms with van der Waals surface area (Å²) in [5, 5.41) is 19.3. The number of carbonyl (C=O) groups excluding carboxylic acids is 1. The van der Waals surface area contributed by atoms with Gasteiger partial charge < -0.3 is 10.2 Å². The van der Waals surface area contributed by atoms with E-state index < -0.39 is 12.1 Å². The van der Waals surface area contributed by atoms with E-state index in [9.17, 15) is 19.1 Å². The summed E-state index contributed by atoms with van der Waals surface area (Å²) >= 11 is 0. The number of carbonyl (C=O) groups is 2. The summed E-state index contributed by atoms with van der Waals surface area (Å²) in [5.74, 6) is -1.00. The quantitative estimate of drug-likeness (QED) is 0.628. The summed E-state index contributed by atoms with van der Waals surface area (Å²) in [6.07, 6.45) is 5.95. The van der Waals surface area contributed by atoms with Crippen LogP contribution in [0.15, 0.2) is 54.6 Å². The second-order valence-electron chi connectivity index (χ2n) is 8.06. The first kappa shape index (κ1) is 21.9. The van der Waals surface area contributed by atoms with Crippen LogP contribution in [0.5, 0.6) is 0 Å². The predicted octanol–water partition coefficient (Wildman–Crippen LogP) is 4.52. The maximum absolute atomic E-state index is 13.7. The molecule has 2 aromatic carbocycles. The second kappa shape index (κ2) is 9.81. The van der Waals surface area contributed by atoms with Crippen LogP contribution in [0.4, 0.5) is 4.39 Å². The van der Waals surface area contributed by atoms with Crippen LogP contribution in [0.3, 0.4) is 0 Å². The number of hydrogen-bond acceptors (Lipinski definition) is 3. The maximum atomic E-state index is 13.7. The second-order valence-corrected chi connectivity index (χ2v) is 8.06. The Morgan fingerprint density at radius 3 is 2.57 bits per heavy atom. The number of aliphatic hydroxyl groups excluding tert-OH is 1. The van der Waals surface area contributed by atoms with Gasteiger partial charge in [0.25, 0.3) is 0 Å². The Bertz CT molecular complexity index is 933. The number of aliphatic hydroxyl groups is 1. The van der Waals surface area contributed by atoms with Gasteiger partial charge in [0.1, 0.15) is 11.6 Å². The molecule has 30 heavy (non-hydrogen) atoms. The molecule has 0 bridgehead atoms. The number of ketones is 1. The van der Waals surface area contributed by atoms with Crippen molar-refractivity contribution in [1.82, 2.24) is 0 Å². The van der Waals surface area contributed by atoms with E-state index in [1.165, 1.54) is 6.07 Å². The summed E-state index contributed by atoms with van der Waals surface area (Å²) in [6, 6.07) is 11.7. The smallest absolute Gasteiger partial charge is 0.335 e. The van der Waals surface area contributed by atoms with Crippen LogP contribution in [-0.4, -0.2) is 28.1 Å². The van der Waals surface area contributed by atoms with Crippen LogP contribution in [0.2, 0.25) is 0 Å². The van der Waals surface area contributed by atoms with Crippen LogP contribution in [0.1, 0.15) is 46.3 Å². The van der Waals surface area contributed by atoms with Gasteiger partial charge in [-0.05, 0) is 67.0 Å². The van der Waals surface area contributed by atoms with Gasteiger partial charge in [-0.25, -0.2) is 9.18 Å². The Morgan fingerprint density at radius 1 is 1.20 bits per heavy atom. The third kappa shape index (κ3) is 5.63. The summed E-state index contributed by atoms with van der Waals surface area (Å²) in [6.45, 7) is 1.70. The number of carboxylic acid groups (broad SMARTS) is 1. The minimum atomic E-state index is -0.954. The molecule has 2 aromatic rings. The highest BCUT2D eigenvalue weighted by Crippen LogP contribution is 2.33. The van der Waals surface area contributed by atoms with Crippen LogP contribution in [0.25, 0.3) is 0 Å². The average molecular weight is 410 g/mol. The molecule has 0 aromatic heterocycles. The van der Waals surface area contributed by atoms with Crippen molar-refractivity contribution < 1.29 is 24.2 Å². The lowest BCUT2D eigenvalue weighted by atomic mass is 9.88. The van der Waals surface area contributed by atoms with Gasteiger partial charge >= 0.3 is 5.97 Å². The standard InChI is InChI=1S/C25H27FO4/c1-16-2-3-18(15-23(16)26)14-21(27)11-9-19-10-13-24(28)22(19)12-6-17-4-7-20(8-5-17)25(29)30/h2-5,7-9,11,15,19,21-22,27H,6,10,12-14H2,1H3,(H,29,30)/b11-9+/t19-,21?,22+/m0/s1. The molecule has 1 unspecified atom stereocenters. The van der Waals surface area contributed by atoms with Gasteiger partial charge in [-0.1, -0.05) is 36.4 Å². The third-order valence-corrected chi connectivity index (χ3v) is 5.86. The van der Waals surface area contributed by atoms with E-state index in [0.717, 1.165) is 17.5 Å². The zero-order valence-corrected chi connectivity index (χ0v) is 17.1. The van der Waals surface area contributed by atoms with Crippen molar-refractivity contribution in [2.75, 3.05) is 0 Å². The number of rotatable bonds is 8. The van der Waals surface area contributed by atoms with Crippen molar-refractivity contribution in [1.29, 1.82) is 0 Å². The SMILES string of the molecule is Cc1ccc(CC(O)/C=C/[C@H]2CCC(=O)[C@@H]2CCc2ccc(C(=O)O)cc2)cc1F. The van der Waals surface area contributed by atoms with Crippen LogP contribution < -0.4 is 0 Å². The molecule has 158 valence electrons. The molecule has 5 heteroatoms. The van der Waals surface area contributed by atoms with Crippen molar-refractivity contribution in [3.8, 4) is 0 Å². The molecule has 1 fully saturated rings. The van der Waals surface area contributed by atoms with Gasteiger partial charge in [0.05, 0.1) is 11.7 Å². The van der Waals surface area contributed by atoms with Crippen molar-refractivity contribution >= 4 is 11.8 Å². The van der Waals surface area contributed by atoms with Crippen LogP contribution in [0, 0.1) is 24.6 Å². The highest BCUT2D eigenvalue weighted by molar-refractivity contribution is 5.87. The summed E-state index contributed by atoms with van der Waals surface area (Å²) < 4.78 is 13.7. The summed E-state index contributed by atoms with van der Waals surface area (Å²) in [5.41, 5.74) is 2.57. The minimum Gasteiger partial charge on any atom is -0.478 e. The number of Topliss-reactive ketones (excluding diaryl/α,β-unsaturated/α-hetero) is 1. The molecule has 3 atom stereocenters. The number of hydrogen-bond donors (Lipinski definition) is 2. The molecule has 0 spiro atoms. The molecule has 0 aliphatic heterocycles. The molecule has 2 N–H and O–H groups in total. The maximum Gasteiger partial charge on any atom is 0.335 e. The molecular weight excluding hydrogens is 383 g/mol. The van der Waals surface area contributed by atoms with E-state index >= 15 is 0 Å².